The predicted molar refractivity (Wildman–Crippen MR) is 108 cm³/mol. The molecule has 3 nitrogen and oxygen atoms in total. The first-order valence-corrected chi connectivity index (χ1v) is 10.2. The van der Waals surface area contributed by atoms with Gasteiger partial charge in [0, 0.05) is 14.6 Å². The third kappa shape index (κ3) is 3.72. The van der Waals surface area contributed by atoms with Gasteiger partial charge < -0.3 is 0 Å². The lowest BCUT2D eigenvalue weighted by atomic mass is 10.2. The lowest BCUT2D eigenvalue weighted by molar-refractivity contribution is 0.0959. The molecule has 0 saturated carbocycles. The number of amides is 1. The van der Waals surface area contributed by atoms with E-state index in [1.54, 1.807) is 11.3 Å². The minimum absolute atomic E-state index is 0.275. The Balaban J connectivity index is 1.86. The van der Waals surface area contributed by atoms with Crippen LogP contribution in [0.25, 0.3) is 10.1 Å². The van der Waals surface area contributed by atoms with Crippen molar-refractivity contribution >= 4 is 71.9 Å². The molecule has 0 radical (unpaired) electrons. The number of halogens is 2. The van der Waals surface area contributed by atoms with E-state index in [1.165, 1.54) is 11.3 Å². The van der Waals surface area contributed by atoms with E-state index in [9.17, 15) is 4.79 Å². The van der Waals surface area contributed by atoms with Crippen LogP contribution < -0.4 is 5.43 Å². The number of benzene rings is 1. The number of carbonyl (C=O) groups is 1. The summed E-state index contributed by atoms with van der Waals surface area (Å²) in [6.45, 7) is 2.09. The average molecular weight is 442 g/mol. The van der Waals surface area contributed by atoms with E-state index in [4.69, 9.17) is 11.6 Å². The summed E-state index contributed by atoms with van der Waals surface area (Å²) in [5, 5.41) is 7.69. The molecule has 1 aromatic carbocycles. The molecule has 0 fully saturated rings. The molecule has 0 saturated heterocycles. The van der Waals surface area contributed by atoms with Crippen LogP contribution in [0.2, 0.25) is 5.02 Å². The van der Waals surface area contributed by atoms with Crippen molar-refractivity contribution in [3.63, 3.8) is 0 Å². The Bertz CT molecular complexity index is 903. The van der Waals surface area contributed by atoms with Crippen molar-refractivity contribution < 1.29 is 4.79 Å². The summed E-state index contributed by atoms with van der Waals surface area (Å²) in [5.74, 6) is -0.275. The molecule has 1 N–H and O–H groups in total. The monoisotopic (exact) mass is 440 g/mol. The molecule has 124 valence electrons. The van der Waals surface area contributed by atoms with Crippen LogP contribution >= 0.6 is 50.2 Å². The summed E-state index contributed by atoms with van der Waals surface area (Å²) in [5.41, 5.74) is 3.55. The van der Waals surface area contributed by atoms with Crippen LogP contribution in [0, 0.1) is 0 Å². The highest BCUT2D eigenvalue weighted by atomic mass is 79.9. The van der Waals surface area contributed by atoms with Crippen LogP contribution in [-0.4, -0.2) is 11.6 Å². The molecule has 0 aliphatic carbocycles. The van der Waals surface area contributed by atoms with Gasteiger partial charge in [0.25, 0.3) is 5.91 Å². The molecule has 0 aliphatic heterocycles. The quantitative estimate of drug-likeness (QED) is 0.365. The molecular formula is C17H14BrClN2OS2. The van der Waals surface area contributed by atoms with Crippen LogP contribution in [0.15, 0.2) is 45.3 Å². The third-order valence-electron chi connectivity index (χ3n) is 3.38. The van der Waals surface area contributed by atoms with Crippen molar-refractivity contribution in [3.8, 4) is 0 Å². The van der Waals surface area contributed by atoms with Crippen molar-refractivity contribution in [2.75, 3.05) is 0 Å². The standard InChI is InChI=1S/C17H14BrClN2OS2/c1-2-4-12(13-5-3-8-23-13)20-21-17(22)16-15(19)11-7-6-10(18)9-14(11)24-16/h3,5-9H,2,4H2,1H3,(H,21,22). The van der Waals surface area contributed by atoms with Crippen molar-refractivity contribution in [3.05, 3.63) is 55.0 Å². The largest absolute Gasteiger partial charge is 0.283 e. The van der Waals surface area contributed by atoms with Crippen molar-refractivity contribution in [2.45, 2.75) is 19.8 Å². The zero-order chi connectivity index (χ0) is 17.1. The zero-order valence-electron chi connectivity index (χ0n) is 12.8. The number of hydrogen-bond acceptors (Lipinski definition) is 4. The summed E-state index contributed by atoms with van der Waals surface area (Å²) in [4.78, 5) is 14.1. The highest BCUT2D eigenvalue weighted by Gasteiger charge is 2.17. The summed E-state index contributed by atoms with van der Waals surface area (Å²) in [6, 6.07) is 9.77. The summed E-state index contributed by atoms with van der Waals surface area (Å²) < 4.78 is 1.93. The second-order valence-electron chi connectivity index (χ2n) is 5.11. The first-order valence-electron chi connectivity index (χ1n) is 7.38. The summed E-state index contributed by atoms with van der Waals surface area (Å²) in [7, 11) is 0. The molecule has 24 heavy (non-hydrogen) atoms. The van der Waals surface area contributed by atoms with E-state index in [0.29, 0.717) is 9.90 Å². The van der Waals surface area contributed by atoms with Crippen LogP contribution in [0.1, 0.15) is 34.3 Å². The normalized spacial score (nSPS) is 11.9. The van der Waals surface area contributed by atoms with Gasteiger partial charge in [0.05, 0.1) is 15.6 Å². The number of carbonyl (C=O) groups excluding carboxylic acids is 1. The molecule has 1 amide bonds. The molecule has 0 aliphatic rings. The maximum absolute atomic E-state index is 12.5. The average Bonchev–Trinajstić information content (AvgIpc) is 3.19. The Morgan fingerprint density at radius 1 is 1.38 bits per heavy atom. The van der Waals surface area contributed by atoms with Gasteiger partial charge in [-0.05, 0) is 30.0 Å². The van der Waals surface area contributed by atoms with E-state index in [2.05, 4.69) is 33.4 Å². The van der Waals surface area contributed by atoms with Gasteiger partial charge in [-0.1, -0.05) is 53.0 Å². The first-order chi connectivity index (χ1) is 11.6. The van der Waals surface area contributed by atoms with Gasteiger partial charge in [-0.25, -0.2) is 5.43 Å². The highest BCUT2D eigenvalue weighted by Crippen LogP contribution is 2.36. The molecule has 2 heterocycles. The van der Waals surface area contributed by atoms with E-state index in [1.807, 2.05) is 35.7 Å². The fraction of sp³-hybridized carbons (Fsp3) is 0.176. The Morgan fingerprint density at radius 3 is 2.92 bits per heavy atom. The highest BCUT2D eigenvalue weighted by molar-refractivity contribution is 9.10. The van der Waals surface area contributed by atoms with Gasteiger partial charge in [0.15, 0.2) is 0 Å². The summed E-state index contributed by atoms with van der Waals surface area (Å²) >= 11 is 12.8. The maximum atomic E-state index is 12.5. The molecule has 0 bridgehead atoms. The van der Waals surface area contributed by atoms with E-state index >= 15 is 0 Å². The number of thiophene rings is 2. The fourth-order valence-electron chi connectivity index (χ4n) is 2.27. The fourth-order valence-corrected chi connectivity index (χ4v) is 4.97. The second-order valence-corrected chi connectivity index (χ2v) is 8.41. The Kier molecular flexibility index (Phi) is 5.71. The topological polar surface area (TPSA) is 41.5 Å². The smallest absolute Gasteiger partial charge is 0.266 e. The minimum atomic E-state index is -0.275. The van der Waals surface area contributed by atoms with Gasteiger partial charge in [-0.3, -0.25) is 4.79 Å². The first kappa shape index (κ1) is 17.6. The Hall–Kier alpha value is -1.21. The van der Waals surface area contributed by atoms with Gasteiger partial charge in [-0.15, -0.1) is 22.7 Å². The number of fused-ring (bicyclic) bond motifs is 1. The third-order valence-corrected chi connectivity index (χ3v) is 6.45. The maximum Gasteiger partial charge on any atom is 0.283 e. The number of hydrazone groups is 1. The van der Waals surface area contributed by atoms with Crippen LogP contribution in [0.4, 0.5) is 0 Å². The Morgan fingerprint density at radius 2 is 2.21 bits per heavy atom. The van der Waals surface area contributed by atoms with E-state index < -0.39 is 0 Å². The van der Waals surface area contributed by atoms with Crippen molar-refractivity contribution in [1.82, 2.24) is 5.43 Å². The Labute approximate surface area is 161 Å². The number of hydrogen-bond donors (Lipinski definition) is 1. The van der Waals surface area contributed by atoms with Crippen molar-refractivity contribution in [2.24, 2.45) is 5.10 Å². The predicted octanol–water partition coefficient (Wildman–Crippen LogP) is 6.31. The van der Waals surface area contributed by atoms with E-state index in [-0.39, 0.29) is 5.91 Å². The molecule has 3 rings (SSSR count). The molecule has 0 atom stereocenters. The summed E-state index contributed by atoms with van der Waals surface area (Å²) in [6.07, 6.45) is 1.78. The number of nitrogens with zero attached hydrogens (tertiary/aromatic N) is 1. The molecule has 3 aromatic rings. The molecule has 2 aromatic heterocycles. The number of rotatable bonds is 5. The van der Waals surface area contributed by atoms with Crippen LogP contribution in [0.5, 0.6) is 0 Å². The van der Waals surface area contributed by atoms with Gasteiger partial charge in [0.1, 0.15) is 4.88 Å². The molecule has 0 spiro atoms. The second kappa shape index (κ2) is 7.78. The van der Waals surface area contributed by atoms with Crippen molar-refractivity contribution in [1.29, 1.82) is 0 Å². The van der Waals surface area contributed by atoms with E-state index in [0.717, 1.165) is 38.0 Å². The molecule has 7 heteroatoms. The van der Waals surface area contributed by atoms with Gasteiger partial charge in [-0.2, -0.15) is 5.10 Å². The van der Waals surface area contributed by atoms with Gasteiger partial charge >= 0.3 is 0 Å². The van der Waals surface area contributed by atoms with Crippen LogP contribution in [-0.2, 0) is 0 Å². The lowest BCUT2D eigenvalue weighted by Gasteiger charge is -2.03. The van der Waals surface area contributed by atoms with Gasteiger partial charge in [0.2, 0.25) is 0 Å². The lowest BCUT2D eigenvalue weighted by Crippen LogP contribution is -2.19. The molecular weight excluding hydrogens is 428 g/mol. The molecule has 0 unspecified atom stereocenters. The zero-order valence-corrected chi connectivity index (χ0v) is 16.8. The number of nitrogens with one attached hydrogen (secondary N) is 1. The minimum Gasteiger partial charge on any atom is -0.266 e. The van der Waals surface area contributed by atoms with Crippen LogP contribution in [0.3, 0.4) is 0 Å². The SMILES string of the molecule is CCCC(=NNC(=O)c1sc2cc(Br)ccc2c1Cl)c1cccs1.